The summed E-state index contributed by atoms with van der Waals surface area (Å²) in [7, 11) is 0. The molecule has 1 atom stereocenters. The number of hydrazine groups is 1. The lowest BCUT2D eigenvalue weighted by Crippen LogP contribution is -2.37. The molecule has 0 spiro atoms. The van der Waals surface area contributed by atoms with Crippen LogP contribution in [0.25, 0.3) is 0 Å². The molecule has 1 aromatic rings. The Balaban J connectivity index is 2.44. The van der Waals surface area contributed by atoms with E-state index in [0.29, 0.717) is 19.6 Å². The molecular formula is C13H20F2N2O. The first kappa shape index (κ1) is 15.0. The van der Waals surface area contributed by atoms with Gasteiger partial charge in [-0.25, -0.2) is 8.78 Å². The quantitative estimate of drug-likeness (QED) is 0.427. The van der Waals surface area contributed by atoms with Gasteiger partial charge in [-0.3, -0.25) is 11.3 Å². The Morgan fingerprint density at radius 2 is 2.11 bits per heavy atom. The summed E-state index contributed by atoms with van der Waals surface area (Å²) in [5, 5.41) is 0. The molecule has 3 nitrogen and oxygen atoms in total. The van der Waals surface area contributed by atoms with Crippen LogP contribution in [0.15, 0.2) is 18.2 Å². The molecule has 0 aliphatic rings. The fourth-order valence-electron chi connectivity index (χ4n) is 1.77. The number of nitrogens with one attached hydrogen (secondary N) is 1. The van der Waals surface area contributed by atoms with E-state index in [-0.39, 0.29) is 6.04 Å². The highest BCUT2D eigenvalue weighted by molar-refractivity contribution is 5.18. The molecule has 102 valence electrons. The van der Waals surface area contributed by atoms with Crippen molar-refractivity contribution in [1.29, 1.82) is 0 Å². The molecule has 0 aliphatic heterocycles. The fourth-order valence-corrected chi connectivity index (χ4v) is 1.77. The second kappa shape index (κ2) is 8.13. The molecule has 0 heterocycles. The second-order valence-corrected chi connectivity index (χ2v) is 4.16. The van der Waals surface area contributed by atoms with Gasteiger partial charge in [-0.05, 0) is 43.9 Å². The maximum atomic E-state index is 13.0. The van der Waals surface area contributed by atoms with Crippen molar-refractivity contribution in [3.63, 3.8) is 0 Å². The summed E-state index contributed by atoms with van der Waals surface area (Å²) in [4.78, 5) is 0. The van der Waals surface area contributed by atoms with Gasteiger partial charge in [-0.1, -0.05) is 6.07 Å². The zero-order valence-electron chi connectivity index (χ0n) is 10.6. The van der Waals surface area contributed by atoms with Crippen molar-refractivity contribution in [2.75, 3.05) is 13.2 Å². The van der Waals surface area contributed by atoms with Gasteiger partial charge in [0, 0.05) is 19.3 Å². The van der Waals surface area contributed by atoms with Crippen LogP contribution in [0, 0.1) is 11.6 Å². The topological polar surface area (TPSA) is 47.3 Å². The van der Waals surface area contributed by atoms with Gasteiger partial charge in [0.2, 0.25) is 0 Å². The van der Waals surface area contributed by atoms with Crippen LogP contribution < -0.4 is 11.3 Å². The smallest absolute Gasteiger partial charge is 0.159 e. The third kappa shape index (κ3) is 5.08. The predicted molar refractivity (Wildman–Crippen MR) is 66.9 cm³/mol. The molecule has 18 heavy (non-hydrogen) atoms. The summed E-state index contributed by atoms with van der Waals surface area (Å²) in [6, 6.07) is 3.96. The third-order valence-corrected chi connectivity index (χ3v) is 2.75. The van der Waals surface area contributed by atoms with E-state index in [9.17, 15) is 8.78 Å². The van der Waals surface area contributed by atoms with Crippen LogP contribution in [-0.2, 0) is 11.2 Å². The third-order valence-electron chi connectivity index (χ3n) is 2.75. The molecule has 0 aromatic heterocycles. The van der Waals surface area contributed by atoms with Gasteiger partial charge in [-0.2, -0.15) is 0 Å². The number of ether oxygens (including phenoxy) is 1. The van der Waals surface area contributed by atoms with Crippen molar-refractivity contribution in [3.05, 3.63) is 35.4 Å². The van der Waals surface area contributed by atoms with E-state index in [1.165, 1.54) is 6.07 Å². The van der Waals surface area contributed by atoms with Crippen LogP contribution in [0.3, 0.4) is 0 Å². The van der Waals surface area contributed by atoms with Crippen LogP contribution in [-0.4, -0.2) is 19.3 Å². The number of rotatable bonds is 8. The highest BCUT2D eigenvalue weighted by Crippen LogP contribution is 2.12. The van der Waals surface area contributed by atoms with Gasteiger partial charge in [0.25, 0.3) is 0 Å². The highest BCUT2D eigenvalue weighted by atomic mass is 19.2. The lowest BCUT2D eigenvalue weighted by Gasteiger charge is -2.15. The zero-order valence-corrected chi connectivity index (χ0v) is 10.6. The maximum absolute atomic E-state index is 13.0. The molecule has 0 aliphatic carbocycles. The summed E-state index contributed by atoms with van der Waals surface area (Å²) < 4.78 is 31.0. The van der Waals surface area contributed by atoms with Crippen molar-refractivity contribution >= 4 is 0 Å². The van der Waals surface area contributed by atoms with Crippen molar-refractivity contribution in [2.24, 2.45) is 5.84 Å². The van der Waals surface area contributed by atoms with Crippen molar-refractivity contribution in [1.82, 2.24) is 5.43 Å². The molecule has 0 radical (unpaired) electrons. The van der Waals surface area contributed by atoms with Gasteiger partial charge in [0.05, 0.1) is 0 Å². The van der Waals surface area contributed by atoms with E-state index >= 15 is 0 Å². The molecule has 0 fully saturated rings. The Kier molecular flexibility index (Phi) is 6.78. The minimum Gasteiger partial charge on any atom is -0.382 e. The van der Waals surface area contributed by atoms with E-state index in [4.69, 9.17) is 10.6 Å². The van der Waals surface area contributed by atoms with E-state index in [1.54, 1.807) is 6.07 Å². The van der Waals surface area contributed by atoms with E-state index < -0.39 is 11.6 Å². The predicted octanol–water partition coefficient (Wildman–Crippen LogP) is 2.16. The summed E-state index contributed by atoms with van der Waals surface area (Å²) in [5.41, 5.74) is 3.42. The SMILES string of the molecule is CCOCCCC(Cc1ccc(F)c(F)c1)NN. The molecule has 0 bridgehead atoms. The van der Waals surface area contributed by atoms with Gasteiger partial charge in [-0.15, -0.1) is 0 Å². The van der Waals surface area contributed by atoms with Crippen LogP contribution in [0.2, 0.25) is 0 Å². The van der Waals surface area contributed by atoms with Crippen LogP contribution in [0.4, 0.5) is 8.78 Å². The zero-order chi connectivity index (χ0) is 13.4. The lowest BCUT2D eigenvalue weighted by molar-refractivity contribution is 0.140. The fraction of sp³-hybridized carbons (Fsp3) is 0.538. The molecule has 0 amide bonds. The van der Waals surface area contributed by atoms with Crippen molar-refractivity contribution in [3.8, 4) is 0 Å². The molecule has 5 heteroatoms. The summed E-state index contributed by atoms with van der Waals surface area (Å²) in [6.07, 6.45) is 2.28. The number of hydrogen-bond donors (Lipinski definition) is 2. The summed E-state index contributed by atoms with van der Waals surface area (Å²) in [5.74, 6) is 3.80. The van der Waals surface area contributed by atoms with Gasteiger partial charge in [0.15, 0.2) is 11.6 Å². The Bertz CT molecular complexity index is 361. The largest absolute Gasteiger partial charge is 0.382 e. The maximum Gasteiger partial charge on any atom is 0.159 e. The molecule has 1 rings (SSSR count). The van der Waals surface area contributed by atoms with E-state index in [2.05, 4.69) is 5.43 Å². The van der Waals surface area contributed by atoms with Gasteiger partial charge >= 0.3 is 0 Å². The Morgan fingerprint density at radius 1 is 1.33 bits per heavy atom. The summed E-state index contributed by atoms with van der Waals surface area (Å²) in [6.45, 7) is 3.33. The summed E-state index contributed by atoms with van der Waals surface area (Å²) >= 11 is 0. The molecule has 0 saturated heterocycles. The van der Waals surface area contributed by atoms with Crippen LogP contribution in [0.5, 0.6) is 0 Å². The molecule has 1 unspecified atom stereocenters. The molecule has 1 aromatic carbocycles. The Labute approximate surface area is 106 Å². The minimum atomic E-state index is -0.827. The monoisotopic (exact) mass is 258 g/mol. The van der Waals surface area contributed by atoms with Crippen LogP contribution in [0.1, 0.15) is 25.3 Å². The van der Waals surface area contributed by atoms with Gasteiger partial charge < -0.3 is 4.74 Å². The van der Waals surface area contributed by atoms with Crippen molar-refractivity contribution in [2.45, 2.75) is 32.2 Å². The minimum absolute atomic E-state index is 0.0373. The first-order chi connectivity index (χ1) is 8.67. The number of hydrogen-bond acceptors (Lipinski definition) is 3. The second-order valence-electron chi connectivity index (χ2n) is 4.16. The van der Waals surface area contributed by atoms with Crippen LogP contribution >= 0.6 is 0 Å². The Hall–Kier alpha value is -1.04. The van der Waals surface area contributed by atoms with E-state index in [1.807, 2.05) is 6.92 Å². The lowest BCUT2D eigenvalue weighted by atomic mass is 10.0. The number of benzene rings is 1. The molecule has 0 saturated carbocycles. The van der Waals surface area contributed by atoms with E-state index in [0.717, 1.165) is 24.5 Å². The number of halogens is 2. The number of nitrogens with two attached hydrogens (primary N) is 1. The molecule has 3 N–H and O–H groups in total. The van der Waals surface area contributed by atoms with Crippen molar-refractivity contribution < 1.29 is 13.5 Å². The van der Waals surface area contributed by atoms with Gasteiger partial charge in [0.1, 0.15) is 0 Å². The highest BCUT2D eigenvalue weighted by Gasteiger charge is 2.09. The average Bonchev–Trinajstić information content (AvgIpc) is 2.37. The normalized spacial score (nSPS) is 12.7. The average molecular weight is 258 g/mol. The molecular weight excluding hydrogens is 238 g/mol. The standard InChI is InChI=1S/C13H20F2N2O/c1-2-18-7-3-4-11(17-16)8-10-5-6-12(14)13(15)9-10/h5-6,9,11,17H,2-4,7-8,16H2,1H3. The first-order valence-corrected chi connectivity index (χ1v) is 6.15. The first-order valence-electron chi connectivity index (χ1n) is 6.15. The Morgan fingerprint density at radius 3 is 2.72 bits per heavy atom.